The van der Waals surface area contributed by atoms with Crippen LogP contribution in [0.5, 0.6) is 0 Å². The molecule has 6 N–H and O–H groups in total. The van der Waals surface area contributed by atoms with E-state index < -0.39 is 0 Å². The third-order valence-electron chi connectivity index (χ3n) is 1.61. The highest BCUT2D eigenvalue weighted by Crippen LogP contribution is 1.99. The molecule has 0 heterocycles. The smallest absolute Gasteiger partial charge is 0.0909 e. The van der Waals surface area contributed by atoms with E-state index in [0.29, 0.717) is 39.3 Å². The van der Waals surface area contributed by atoms with Crippen molar-refractivity contribution in [1.82, 2.24) is 0 Å². The van der Waals surface area contributed by atoms with Crippen molar-refractivity contribution in [3.8, 4) is 0 Å². The van der Waals surface area contributed by atoms with Crippen LogP contribution < -0.4 is 17.2 Å². The van der Waals surface area contributed by atoms with Crippen molar-refractivity contribution in [3.63, 3.8) is 0 Å². The fraction of sp³-hybridized carbons (Fsp3) is 1.00. The van der Waals surface area contributed by atoms with E-state index in [4.69, 9.17) is 17.2 Å². The second-order valence-corrected chi connectivity index (χ2v) is 2.59. The predicted octanol–water partition coefficient (Wildman–Crippen LogP) is -1.82. The lowest BCUT2D eigenvalue weighted by Crippen LogP contribution is -2.51. The Morgan fingerprint density at radius 1 is 0.818 bits per heavy atom. The summed E-state index contributed by atoms with van der Waals surface area (Å²) >= 11 is 0. The van der Waals surface area contributed by atoms with Crippen molar-refractivity contribution < 1.29 is 4.65 Å². The molecular weight excluding hydrogens is 144 g/mol. The van der Waals surface area contributed by atoms with Gasteiger partial charge >= 0.3 is 0 Å². The number of hydrogen-bond acceptors (Lipinski definition) is 4. The van der Waals surface area contributed by atoms with Gasteiger partial charge in [0.25, 0.3) is 0 Å². The molecule has 11 heavy (non-hydrogen) atoms. The maximum Gasteiger partial charge on any atom is 0.0909 e. The van der Waals surface area contributed by atoms with Gasteiger partial charge in [0, 0.05) is 19.6 Å². The van der Waals surface area contributed by atoms with Crippen LogP contribution in [-0.2, 0) is 0 Å². The second kappa shape index (κ2) is 5.45. The van der Waals surface area contributed by atoms with Crippen LogP contribution in [0.15, 0.2) is 0 Å². The van der Waals surface area contributed by atoms with E-state index in [2.05, 4.69) is 0 Å². The van der Waals surface area contributed by atoms with E-state index in [1.807, 2.05) is 0 Å². The first kappa shape index (κ1) is 10.8. The maximum absolute atomic E-state index is 11.6. The van der Waals surface area contributed by atoms with Gasteiger partial charge in [-0.2, -0.15) is 0 Å². The average molecular weight is 162 g/mol. The summed E-state index contributed by atoms with van der Waals surface area (Å²) in [6.07, 6.45) is 0. The molecule has 0 radical (unpaired) electrons. The molecule has 0 aromatic carbocycles. The van der Waals surface area contributed by atoms with Crippen LogP contribution in [0.3, 0.4) is 0 Å². The molecule has 0 amide bonds. The predicted molar refractivity (Wildman–Crippen MR) is 45.4 cm³/mol. The van der Waals surface area contributed by atoms with Gasteiger partial charge in [0.1, 0.15) is 0 Å². The van der Waals surface area contributed by atoms with Crippen LogP contribution in [0.4, 0.5) is 0 Å². The van der Waals surface area contributed by atoms with Gasteiger partial charge < -0.3 is 27.1 Å². The van der Waals surface area contributed by atoms with E-state index in [9.17, 15) is 5.21 Å². The van der Waals surface area contributed by atoms with Crippen LogP contribution in [0.25, 0.3) is 0 Å². The fourth-order valence-electron chi connectivity index (χ4n) is 1.04. The topological polar surface area (TPSA) is 101 Å². The van der Waals surface area contributed by atoms with Crippen molar-refractivity contribution in [2.75, 3.05) is 39.3 Å². The van der Waals surface area contributed by atoms with E-state index in [-0.39, 0.29) is 4.65 Å². The lowest BCUT2D eigenvalue weighted by molar-refractivity contribution is -0.876. The number of nitrogens with two attached hydrogens (primary N) is 3. The molecule has 0 atom stereocenters. The van der Waals surface area contributed by atoms with Gasteiger partial charge in [0.15, 0.2) is 0 Å². The lowest BCUT2D eigenvalue weighted by atomic mass is 10.4. The monoisotopic (exact) mass is 162 g/mol. The molecule has 0 aliphatic rings. The van der Waals surface area contributed by atoms with Crippen LogP contribution in [0.2, 0.25) is 0 Å². The van der Waals surface area contributed by atoms with Gasteiger partial charge in [-0.15, -0.1) is 0 Å². The molecule has 0 bridgehead atoms. The minimum atomic E-state index is -0.344. The van der Waals surface area contributed by atoms with Crippen molar-refractivity contribution in [2.45, 2.75) is 0 Å². The molecule has 68 valence electrons. The second-order valence-electron chi connectivity index (χ2n) is 2.59. The van der Waals surface area contributed by atoms with Crippen molar-refractivity contribution in [3.05, 3.63) is 5.21 Å². The Kier molecular flexibility index (Phi) is 5.35. The summed E-state index contributed by atoms with van der Waals surface area (Å²) in [5, 5.41) is 11.6. The van der Waals surface area contributed by atoms with E-state index in [1.165, 1.54) is 0 Å². The summed E-state index contributed by atoms with van der Waals surface area (Å²) in [7, 11) is 0. The Morgan fingerprint density at radius 2 is 1.09 bits per heavy atom. The molecule has 5 nitrogen and oxygen atoms in total. The number of quaternary nitrogens is 1. The third kappa shape index (κ3) is 4.28. The third-order valence-corrected chi connectivity index (χ3v) is 1.61. The molecule has 0 aliphatic carbocycles. The molecule has 0 aromatic heterocycles. The Balaban J connectivity index is 3.79. The summed E-state index contributed by atoms with van der Waals surface area (Å²) in [5.41, 5.74) is 15.8. The maximum atomic E-state index is 11.6. The average Bonchev–Trinajstić information content (AvgIpc) is 1.88. The number of rotatable bonds is 6. The minimum absolute atomic E-state index is 0.344. The highest BCUT2D eigenvalue weighted by molar-refractivity contribution is 4.47. The first-order valence-corrected chi connectivity index (χ1v) is 3.86. The summed E-state index contributed by atoms with van der Waals surface area (Å²) in [4.78, 5) is 0. The number of hydrogen-bond donors (Lipinski definition) is 3. The zero-order valence-corrected chi connectivity index (χ0v) is 6.83. The fourth-order valence-corrected chi connectivity index (χ4v) is 1.04. The molecule has 0 aromatic rings. The first-order chi connectivity index (χ1) is 5.18. The van der Waals surface area contributed by atoms with Gasteiger partial charge in [-0.3, -0.25) is 0 Å². The van der Waals surface area contributed by atoms with E-state index >= 15 is 0 Å². The zero-order valence-electron chi connectivity index (χ0n) is 6.83. The first-order valence-electron chi connectivity index (χ1n) is 3.86. The zero-order chi connectivity index (χ0) is 8.74. The summed E-state index contributed by atoms with van der Waals surface area (Å²) in [6, 6.07) is 0. The van der Waals surface area contributed by atoms with Gasteiger partial charge in [-0.1, -0.05) is 0 Å². The normalized spacial score (nSPS) is 12.0. The van der Waals surface area contributed by atoms with E-state index in [1.54, 1.807) is 0 Å². The largest absolute Gasteiger partial charge is 0.633 e. The van der Waals surface area contributed by atoms with Crippen molar-refractivity contribution in [1.29, 1.82) is 0 Å². The quantitative estimate of drug-likeness (QED) is 0.316. The molecule has 0 rings (SSSR count). The molecule has 0 spiro atoms. The molecule has 0 unspecified atom stereocenters. The lowest BCUT2D eigenvalue weighted by Gasteiger charge is -2.42. The summed E-state index contributed by atoms with van der Waals surface area (Å²) < 4.78 is -0.344. The van der Waals surface area contributed by atoms with Crippen LogP contribution in [0.1, 0.15) is 0 Å². The molecule has 0 saturated heterocycles. The van der Waals surface area contributed by atoms with Gasteiger partial charge in [0.05, 0.1) is 19.6 Å². The highest BCUT2D eigenvalue weighted by Gasteiger charge is 2.12. The molecular formula is C6H18N4O. The molecule has 0 aliphatic heterocycles. The van der Waals surface area contributed by atoms with Gasteiger partial charge in [-0.05, 0) is 0 Å². The Labute approximate surface area is 67.3 Å². The highest BCUT2D eigenvalue weighted by atomic mass is 16.5. The number of nitrogens with zero attached hydrogens (tertiary/aromatic N) is 1. The van der Waals surface area contributed by atoms with Crippen molar-refractivity contribution in [2.24, 2.45) is 17.2 Å². The van der Waals surface area contributed by atoms with Crippen LogP contribution in [-0.4, -0.2) is 43.9 Å². The minimum Gasteiger partial charge on any atom is -0.633 e. The molecule has 5 heteroatoms. The summed E-state index contributed by atoms with van der Waals surface area (Å²) in [6.45, 7) is 2.41. The Bertz CT molecular complexity index is 81.6. The van der Waals surface area contributed by atoms with Gasteiger partial charge in [0.2, 0.25) is 0 Å². The van der Waals surface area contributed by atoms with Crippen molar-refractivity contribution >= 4 is 0 Å². The molecule has 0 fully saturated rings. The van der Waals surface area contributed by atoms with Crippen LogP contribution in [0, 0.1) is 5.21 Å². The Morgan fingerprint density at radius 3 is 1.27 bits per heavy atom. The van der Waals surface area contributed by atoms with E-state index in [0.717, 1.165) is 0 Å². The SMILES string of the molecule is NCC[N+]([O-])(CCN)CCN. The Hall–Kier alpha value is -0.200. The summed E-state index contributed by atoms with van der Waals surface area (Å²) in [5.74, 6) is 0. The number of hydroxylamine groups is 3. The van der Waals surface area contributed by atoms with Crippen LogP contribution >= 0.6 is 0 Å². The van der Waals surface area contributed by atoms with Gasteiger partial charge in [-0.25, -0.2) is 0 Å². The molecule has 0 saturated carbocycles. The standard InChI is InChI=1S/C6H18N4O/c7-1-4-10(11,5-2-8)6-3-9/h1-9H2.